The van der Waals surface area contributed by atoms with Crippen molar-refractivity contribution < 1.29 is 22.6 Å². The van der Waals surface area contributed by atoms with Gasteiger partial charge in [0.05, 0.1) is 37.4 Å². The lowest BCUT2D eigenvalue weighted by Gasteiger charge is -2.12. The van der Waals surface area contributed by atoms with E-state index < -0.39 is 10.0 Å². The van der Waals surface area contributed by atoms with Crippen molar-refractivity contribution in [3.05, 3.63) is 29.4 Å². The summed E-state index contributed by atoms with van der Waals surface area (Å²) in [4.78, 5) is 7.71. The molecule has 1 aromatic carbocycles. The van der Waals surface area contributed by atoms with Gasteiger partial charge in [-0.2, -0.15) is 4.98 Å². The number of nitrogens with zero attached hydrogens (tertiary/aromatic N) is 2. The van der Waals surface area contributed by atoms with E-state index in [2.05, 4.69) is 14.7 Å². The zero-order valence-electron chi connectivity index (χ0n) is 12.5. The van der Waals surface area contributed by atoms with Crippen LogP contribution in [0.5, 0.6) is 17.6 Å². The summed E-state index contributed by atoms with van der Waals surface area (Å²) in [5, 5.41) is 0.174. The van der Waals surface area contributed by atoms with Crippen LogP contribution in [0.1, 0.15) is 0 Å². The van der Waals surface area contributed by atoms with Crippen molar-refractivity contribution in [3.8, 4) is 17.6 Å². The molecule has 0 atom stereocenters. The van der Waals surface area contributed by atoms with E-state index in [0.717, 1.165) is 0 Å². The van der Waals surface area contributed by atoms with Crippen molar-refractivity contribution >= 4 is 27.3 Å². The maximum atomic E-state index is 12.4. The summed E-state index contributed by atoms with van der Waals surface area (Å²) in [6, 6.07) is 4.15. The van der Waals surface area contributed by atoms with E-state index in [0.29, 0.717) is 5.75 Å². The van der Waals surface area contributed by atoms with E-state index in [1.165, 1.54) is 45.7 Å². The van der Waals surface area contributed by atoms with Crippen LogP contribution in [0.3, 0.4) is 0 Å². The Labute approximate surface area is 138 Å². The molecule has 0 aliphatic heterocycles. The van der Waals surface area contributed by atoms with Gasteiger partial charge in [0.1, 0.15) is 11.4 Å². The van der Waals surface area contributed by atoms with E-state index in [1.54, 1.807) is 0 Å². The number of nitrogens with one attached hydrogen (secondary N) is 1. The lowest BCUT2D eigenvalue weighted by Crippen LogP contribution is -2.14. The normalized spacial score (nSPS) is 11.0. The molecular formula is C13H14ClN3O5S. The molecule has 2 rings (SSSR count). The molecule has 10 heteroatoms. The molecule has 0 aliphatic carbocycles. The maximum absolute atomic E-state index is 12.4. The number of anilines is 1. The third-order valence-corrected chi connectivity index (χ3v) is 4.44. The highest BCUT2D eigenvalue weighted by atomic mass is 35.5. The zero-order valence-corrected chi connectivity index (χ0v) is 14.1. The number of rotatable bonds is 6. The molecule has 1 N–H and O–H groups in total. The van der Waals surface area contributed by atoms with Gasteiger partial charge >= 0.3 is 6.01 Å². The molecule has 0 saturated carbocycles. The van der Waals surface area contributed by atoms with Crippen LogP contribution in [0.25, 0.3) is 0 Å². The van der Waals surface area contributed by atoms with Gasteiger partial charge in [0.2, 0.25) is 5.88 Å². The summed E-state index contributed by atoms with van der Waals surface area (Å²) in [6.07, 6.45) is 1.24. The number of hydrogen-bond acceptors (Lipinski definition) is 7. The minimum Gasteiger partial charge on any atom is -0.495 e. The van der Waals surface area contributed by atoms with Crippen molar-refractivity contribution in [3.63, 3.8) is 0 Å². The van der Waals surface area contributed by atoms with Gasteiger partial charge in [0.15, 0.2) is 0 Å². The molecule has 0 amide bonds. The Kier molecular flexibility index (Phi) is 5.12. The smallest absolute Gasteiger partial charge is 0.319 e. The summed E-state index contributed by atoms with van der Waals surface area (Å²) in [5.74, 6) is 0.399. The third-order valence-electron chi connectivity index (χ3n) is 2.79. The lowest BCUT2D eigenvalue weighted by atomic mass is 10.3. The fourth-order valence-electron chi connectivity index (χ4n) is 1.69. The number of benzene rings is 1. The Morgan fingerprint density at radius 3 is 2.43 bits per heavy atom. The summed E-state index contributed by atoms with van der Waals surface area (Å²) in [6.45, 7) is 0. The first-order valence-corrected chi connectivity index (χ1v) is 8.08. The van der Waals surface area contributed by atoms with Gasteiger partial charge < -0.3 is 14.2 Å². The third kappa shape index (κ3) is 3.74. The number of sulfonamides is 1. The molecule has 124 valence electrons. The summed E-state index contributed by atoms with van der Waals surface area (Å²) < 4.78 is 42.1. The Balaban J connectivity index is 2.36. The summed E-state index contributed by atoms with van der Waals surface area (Å²) in [7, 11) is 0.272. The summed E-state index contributed by atoms with van der Waals surface area (Å²) >= 11 is 5.95. The zero-order chi connectivity index (χ0) is 17.0. The maximum Gasteiger partial charge on any atom is 0.319 e. The van der Waals surface area contributed by atoms with Crippen molar-refractivity contribution in [2.24, 2.45) is 0 Å². The second kappa shape index (κ2) is 6.88. The molecule has 0 aliphatic rings. The molecule has 8 nitrogen and oxygen atoms in total. The van der Waals surface area contributed by atoms with Crippen LogP contribution in [0.4, 0.5) is 5.69 Å². The van der Waals surface area contributed by atoms with Crippen LogP contribution in [-0.4, -0.2) is 39.7 Å². The highest BCUT2D eigenvalue weighted by molar-refractivity contribution is 7.92. The van der Waals surface area contributed by atoms with Gasteiger partial charge in [-0.1, -0.05) is 11.6 Å². The van der Waals surface area contributed by atoms with Crippen molar-refractivity contribution in [1.82, 2.24) is 9.97 Å². The van der Waals surface area contributed by atoms with Crippen LogP contribution in [0.15, 0.2) is 29.3 Å². The van der Waals surface area contributed by atoms with Crippen molar-refractivity contribution in [1.29, 1.82) is 0 Å². The quantitative estimate of drug-likeness (QED) is 0.841. The Morgan fingerprint density at radius 1 is 1.13 bits per heavy atom. The average Bonchev–Trinajstić information content (AvgIpc) is 2.54. The van der Waals surface area contributed by atoms with Crippen LogP contribution in [0, 0.1) is 0 Å². The molecule has 0 saturated heterocycles. The van der Waals surface area contributed by atoms with Crippen molar-refractivity contribution in [2.45, 2.75) is 4.90 Å². The van der Waals surface area contributed by atoms with Crippen LogP contribution >= 0.6 is 11.6 Å². The molecular weight excluding hydrogens is 346 g/mol. The minimum atomic E-state index is -3.90. The number of hydrogen-bond donors (Lipinski definition) is 1. The van der Waals surface area contributed by atoms with Gasteiger partial charge in [-0.15, -0.1) is 0 Å². The second-order valence-corrected chi connectivity index (χ2v) is 6.27. The number of aromatic nitrogens is 2. The number of methoxy groups -OCH3 is 3. The largest absolute Gasteiger partial charge is 0.495 e. The van der Waals surface area contributed by atoms with Crippen LogP contribution in [0.2, 0.25) is 5.02 Å². The predicted molar refractivity (Wildman–Crippen MR) is 83.9 cm³/mol. The Morgan fingerprint density at radius 2 is 1.87 bits per heavy atom. The van der Waals surface area contributed by atoms with E-state index in [1.807, 2.05) is 0 Å². The molecule has 0 bridgehead atoms. The van der Waals surface area contributed by atoms with E-state index >= 15 is 0 Å². The highest BCUT2D eigenvalue weighted by Crippen LogP contribution is 2.29. The average molecular weight is 360 g/mol. The minimum absolute atomic E-state index is 0.0278. The predicted octanol–water partition coefficient (Wildman–Crippen LogP) is 1.96. The first-order chi connectivity index (χ1) is 10.9. The Hall–Kier alpha value is -2.26. The second-order valence-electron chi connectivity index (χ2n) is 4.18. The molecule has 23 heavy (non-hydrogen) atoms. The van der Waals surface area contributed by atoms with Crippen LogP contribution in [-0.2, 0) is 10.0 Å². The monoisotopic (exact) mass is 359 g/mol. The van der Waals surface area contributed by atoms with E-state index in [9.17, 15) is 8.42 Å². The van der Waals surface area contributed by atoms with Crippen molar-refractivity contribution in [2.75, 3.05) is 26.1 Å². The first-order valence-electron chi connectivity index (χ1n) is 6.22. The van der Waals surface area contributed by atoms with Gasteiger partial charge in [-0.05, 0) is 18.2 Å². The SMILES string of the molecule is COc1ncc(NS(=O)(=O)c2ccc(OC)c(Cl)c2)c(OC)n1. The fourth-order valence-corrected chi connectivity index (χ4v) is 3.08. The highest BCUT2D eigenvalue weighted by Gasteiger charge is 2.19. The molecule has 0 radical (unpaired) electrons. The molecule has 2 aromatic rings. The standard InChI is InChI=1S/C13H14ClN3O5S/c1-20-11-5-4-8(6-9(11)14)23(18,19)17-10-7-15-13(22-3)16-12(10)21-2/h4-7,17H,1-3H3. The fraction of sp³-hybridized carbons (Fsp3) is 0.231. The number of halogens is 1. The molecule has 0 fully saturated rings. The van der Waals surface area contributed by atoms with Gasteiger partial charge in [-0.25, -0.2) is 13.4 Å². The molecule has 1 aromatic heterocycles. The van der Waals surface area contributed by atoms with E-state index in [-0.39, 0.29) is 27.5 Å². The number of ether oxygens (including phenoxy) is 3. The van der Waals surface area contributed by atoms with Crippen LogP contribution < -0.4 is 18.9 Å². The Bertz CT molecular complexity index is 813. The lowest BCUT2D eigenvalue weighted by molar-refractivity contribution is 0.353. The topological polar surface area (TPSA) is 99.6 Å². The van der Waals surface area contributed by atoms with E-state index in [4.69, 9.17) is 25.8 Å². The molecule has 0 spiro atoms. The molecule has 1 heterocycles. The first kappa shape index (κ1) is 17.1. The van der Waals surface area contributed by atoms with Gasteiger partial charge in [0, 0.05) is 0 Å². The van der Waals surface area contributed by atoms with Gasteiger partial charge in [-0.3, -0.25) is 4.72 Å². The molecule has 0 unspecified atom stereocenters. The van der Waals surface area contributed by atoms with Gasteiger partial charge in [0.25, 0.3) is 10.0 Å². The summed E-state index contributed by atoms with van der Waals surface area (Å²) in [5.41, 5.74) is 0.0697.